The Morgan fingerprint density at radius 2 is 1.95 bits per heavy atom. The average Bonchev–Trinajstić information content (AvgIpc) is 2.28. The SMILES string of the molecule is CC(C)NC(N)=NCCC1CCN(CC(F)(F)F)CC1. The molecule has 3 N–H and O–H groups in total. The van der Waals surface area contributed by atoms with E-state index in [0.29, 0.717) is 31.5 Å². The monoisotopic (exact) mass is 294 g/mol. The highest BCUT2D eigenvalue weighted by molar-refractivity contribution is 5.77. The van der Waals surface area contributed by atoms with E-state index in [2.05, 4.69) is 10.3 Å². The maximum atomic E-state index is 12.3. The molecule has 0 saturated carbocycles. The molecule has 1 rings (SSSR count). The Morgan fingerprint density at radius 1 is 1.35 bits per heavy atom. The summed E-state index contributed by atoms with van der Waals surface area (Å²) in [4.78, 5) is 5.71. The van der Waals surface area contributed by atoms with E-state index in [1.807, 2.05) is 13.8 Å². The Kier molecular flexibility index (Phi) is 6.58. The predicted molar refractivity (Wildman–Crippen MR) is 74.6 cm³/mol. The quantitative estimate of drug-likeness (QED) is 0.602. The number of guanidine groups is 1. The summed E-state index contributed by atoms with van der Waals surface area (Å²) in [6, 6.07) is 0.254. The lowest BCUT2D eigenvalue weighted by molar-refractivity contribution is -0.148. The lowest BCUT2D eigenvalue weighted by Crippen LogP contribution is -2.40. The van der Waals surface area contributed by atoms with Gasteiger partial charge in [0.15, 0.2) is 5.96 Å². The molecule has 20 heavy (non-hydrogen) atoms. The Hall–Kier alpha value is -0.980. The van der Waals surface area contributed by atoms with Crippen LogP contribution in [0.1, 0.15) is 33.1 Å². The number of aliphatic imine (C=N–C) groups is 1. The number of nitrogens with two attached hydrogens (primary N) is 1. The molecule has 1 fully saturated rings. The standard InChI is InChI=1S/C13H25F3N4/c1-10(2)19-12(17)18-6-3-11-4-7-20(8-5-11)9-13(14,15)16/h10-11H,3-9H2,1-2H3,(H3,17,18,19). The van der Waals surface area contributed by atoms with Crippen molar-refractivity contribution >= 4 is 5.96 Å². The van der Waals surface area contributed by atoms with Gasteiger partial charge in [-0.15, -0.1) is 0 Å². The molecule has 7 heteroatoms. The summed E-state index contributed by atoms with van der Waals surface area (Å²) < 4.78 is 36.8. The van der Waals surface area contributed by atoms with E-state index in [1.165, 1.54) is 4.90 Å². The molecule has 0 aromatic rings. The van der Waals surface area contributed by atoms with Crippen LogP contribution in [0.4, 0.5) is 13.2 Å². The molecule has 118 valence electrons. The molecule has 0 atom stereocenters. The van der Waals surface area contributed by atoms with Crippen LogP contribution >= 0.6 is 0 Å². The third kappa shape index (κ3) is 7.57. The van der Waals surface area contributed by atoms with Gasteiger partial charge in [0.25, 0.3) is 0 Å². The van der Waals surface area contributed by atoms with Crippen LogP contribution in [0.3, 0.4) is 0 Å². The van der Waals surface area contributed by atoms with E-state index in [9.17, 15) is 13.2 Å². The zero-order valence-electron chi connectivity index (χ0n) is 12.2. The number of rotatable bonds is 5. The molecule has 4 nitrogen and oxygen atoms in total. The molecule has 0 amide bonds. The van der Waals surface area contributed by atoms with Crippen molar-refractivity contribution in [3.05, 3.63) is 0 Å². The van der Waals surface area contributed by atoms with Crippen molar-refractivity contribution in [2.24, 2.45) is 16.6 Å². The van der Waals surface area contributed by atoms with Gasteiger partial charge in [-0.1, -0.05) is 0 Å². The van der Waals surface area contributed by atoms with Gasteiger partial charge in [-0.3, -0.25) is 9.89 Å². The second kappa shape index (κ2) is 7.71. The zero-order chi connectivity index (χ0) is 15.2. The largest absolute Gasteiger partial charge is 0.401 e. The summed E-state index contributed by atoms with van der Waals surface area (Å²) in [6.45, 7) is 4.86. The van der Waals surface area contributed by atoms with E-state index in [4.69, 9.17) is 5.73 Å². The van der Waals surface area contributed by atoms with Gasteiger partial charge in [0.05, 0.1) is 6.54 Å². The fourth-order valence-electron chi connectivity index (χ4n) is 2.40. The summed E-state index contributed by atoms with van der Waals surface area (Å²) in [6.07, 6.45) is -1.58. The van der Waals surface area contributed by atoms with Crippen LogP contribution in [-0.4, -0.2) is 49.3 Å². The summed E-state index contributed by atoms with van der Waals surface area (Å²) in [5, 5.41) is 3.01. The third-order valence-electron chi connectivity index (χ3n) is 3.37. The van der Waals surface area contributed by atoms with Crippen molar-refractivity contribution in [3.8, 4) is 0 Å². The van der Waals surface area contributed by atoms with Crippen LogP contribution in [0, 0.1) is 5.92 Å². The first kappa shape index (κ1) is 17.1. The molecule has 0 unspecified atom stereocenters. The van der Waals surface area contributed by atoms with Gasteiger partial charge in [-0.05, 0) is 52.1 Å². The Morgan fingerprint density at radius 3 is 2.45 bits per heavy atom. The Balaban J connectivity index is 2.20. The molecule has 1 aliphatic heterocycles. The van der Waals surface area contributed by atoms with E-state index in [-0.39, 0.29) is 6.04 Å². The molecule has 0 radical (unpaired) electrons. The molecule has 0 aromatic carbocycles. The zero-order valence-corrected chi connectivity index (χ0v) is 12.2. The molecular weight excluding hydrogens is 269 g/mol. The number of piperidine rings is 1. The Labute approximate surface area is 118 Å². The summed E-state index contributed by atoms with van der Waals surface area (Å²) >= 11 is 0. The minimum absolute atomic E-state index is 0.254. The Bertz CT molecular complexity index is 307. The van der Waals surface area contributed by atoms with Crippen molar-refractivity contribution in [2.75, 3.05) is 26.2 Å². The fourth-order valence-corrected chi connectivity index (χ4v) is 2.40. The molecule has 0 aromatic heterocycles. The smallest absolute Gasteiger partial charge is 0.370 e. The van der Waals surface area contributed by atoms with Crippen molar-refractivity contribution in [1.29, 1.82) is 0 Å². The van der Waals surface area contributed by atoms with Crippen LogP contribution in [0.2, 0.25) is 0 Å². The fraction of sp³-hybridized carbons (Fsp3) is 0.923. The molecule has 1 aliphatic rings. The number of halogens is 3. The van der Waals surface area contributed by atoms with Crippen LogP contribution in [-0.2, 0) is 0 Å². The van der Waals surface area contributed by atoms with Crippen LogP contribution < -0.4 is 11.1 Å². The van der Waals surface area contributed by atoms with Gasteiger partial charge in [-0.2, -0.15) is 13.2 Å². The van der Waals surface area contributed by atoms with Crippen molar-refractivity contribution in [3.63, 3.8) is 0 Å². The minimum atomic E-state index is -4.09. The molecule has 0 bridgehead atoms. The lowest BCUT2D eigenvalue weighted by atomic mass is 9.93. The highest BCUT2D eigenvalue weighted by atomic mass is 19.4. The third-order valence-corrected chi connectivity index (χ3v) is 3.37. The summed E-state index contributed by atoms with van der Waals surface area (Å²) in [7, 11) is 0. The number of nitrogens with one attached hydrogen (secondary N) is 1. The highest BCUT2D eigenvalue weighted by Crippen LogP contribution is 2.24. The normalized spacial score (nSPS) is 19.6. The number of alkyl halides is 3. The van der Waals surface area contributed by atoms with E-state index < -0.39 is 12.7 Å². The van der Waals surface area contributed by atoms with Gasteiger partial charge in [-0.25, -0.2) is 0 Å². The first-order valence-corrected chi connectivity index (χ1v) is 7.12. The minimum Gasteiger partial charge on any atom is -0.370 e. The topological polar surface area (TPSA) is 53.6 Å². The van der Waals surface area contributed by atoms with Gasteiger partial charge < -0.3 is 11.1 Å². The van der Waals surface area contributed by atoms with Gasteiger partial charge >= 0.3 is 6.18 Å². The second-order valence-electron chi connectivity index (χ2n) is 5.69. The first-order valence-electron chi connectivity index (χ1n) is 7.12. The van der Waals surface area contributed by atoms with Gasteiger partial charge in [0.2, 0.25) is 0 Å². The van der Waals surface area contributed by atoms with Gasteiger partial charge in [0.1, 0.15) is 0 Å². The van der Waals surface area contributed by atoms with Gasteiger partial charge in [0, 0.05) is 12.6 Å². The maximum Gasteiger partial charge on any atom is 0.401 e. The molecule has 1 saturated heterocycles. The van der Waals surface area contributed by atoms with Crippen LogP contribution in [0.5, 0.6) is 0 Å². The number of likely N-dealkylation sites (tertiary alicyclic amines) is 1. The second-order valence-corrected chi connectivity index (χ2v) is 5.69. The maximum absolute atomic E-state index is 12.3. The van der Waals surface area contributed by atoms with E-state index in [0.717, 1.165) is 19.3 Å². The predicted octanol–water partition coefficient (Wildman–Crippen LogP) is 1.96. The summed E-state index contributed by atoms with van der Waals surface area (Å²) in [5.74, 6) is 0.893. The van der Waals surface area contributed by atoms with E-state index in [1.54, 1.807) is 0 Å². The number of hydrogen-bond acceptors (Lipinski definition) is 2. The molecule has 0 spiro atoms. The van der Waals surface area contributed by atoms with Crippen molar-refractivity contribution in [2.45, 2.75) is 45.3 Å². The van der Waals surface area contributed by atoms with Crippen molar-refractivity contribution in [1.82, 2.24) is 10.2 Å². The van der Waals surface area contributed by atoms with Crippen LogP contribution in [0.15, 0.2) is 4.99 Å². The van der Waals surface area contributed by atoms with Crippen molar-refractivity contribution < 1.29 is 13.2 Å². The lowest BCUT2D eigenvalue weighted by Gasteiger charge is -2.32. The number of hydrogen-bond donors (Lipinski definition) is 2. The molecule has 1 heterocycles. The van der Waals surface area contributed by atoms with E-state index >= 15 is 0 Å². The highest BCUT2D eigenvalue weighted by Gasteiger charge is 2.32. The average molecular weight is 294 g/mol. The first-order chi connectivity index (χ1) is 9.26. The van der Waals surface area contributed by atoms with Crippen LogP contribution in [0.25, 0.3) is 0 Å². The summed E-state index contributed by atoms with van der Waals surface area (Å²) in [5.41, 5.74) is 5.69. The molecule has 0 aliphatic carbocycles. The molecular formula is C13H25F3N4. The number of nitrogens with zero attached hydrogens (tertiary/aromatic N) is 2.